The fraction of sp³-hybridized carbons (Fsp3) is 0.520. The number of nitrogens with one attached hydrogen (secondary N) is 1. The third-order valence-corrected chi connectivity index (χ3v) is 6.33. The highest BCUT2D eigenvalue weighted by Gasteiger charge is 2.24. The van der Waals surface area contributed by atoms with E-state index in [0.717, 1.165) is 80.3 Å². The quantitative estimate of drug-likeness (QED) is 0.561. The van der Waals surface area contributed by atoms with E-state index in [-0.39, 0.29) is 6.10 Å². The van der Waals surface area contributed by atoms with E-state index >= 15 is 0 Å². The first-order valence-electron chi connectivity index (χ1n) is 12.2. The molecule has 0 atom stereocenters. The zero-order chi connectivity index (χ0) is 23.3. The van der Waals surface area contributed by atoms with Crippen molar-refractivity contribution in [3.8, 4) is 11.6 Å². The van der Waals surface area contributed by atoms with Gasteiger partial charge < -0.3 is 24.4 Å². The molecule has 3 aromatic rings. The summed E-state index contributed by atoms with van der Waals surface area (Å²) in [6.45, 7) is 7.65. The summed E-state index contributed by atoms with van der Waals surface area (Å²) in [6, 6.07) is 6.44. The zero-order valence-electron chi connectivity index (χ0n) is 19.9. The lowest BCUT2D eigenvalue weighted by molar-refractivity contribution is 0.122. The van der Waals surface area contributed by atoms with Gasteiger partial charge in [0, 0.05) is 49.3 Å². The first kappa shape index (κ1) is 22.6. The molecule has 1 saturated carbocycles. The number of rotatable bonds is 7. The SMILES string of the molecule is CCOc1cc(NC2CCC(Oc3cc(N4CCOCC4)cc4nccnc34)CC2)nc(C)n1. The Morgan fingerprint density at radius 3 is 2.62 bits per heavy atom. The number of ether oxygens (including phenoxy) is 3. The minimum Gasteiger partial charge on any atom is -0.488 e. The lowest BCUT2D eigenvalue weighted by atomic mass is 9.93. The van der Waals surface area contributed by atoms with Gasteiger partial charge in [0.25, 0.3) is 0 Å². The van der Waals surface area contributed by atoms with Gasteiger partial charge in [-0.05, 0) is 45.6 Å². The van der Waals surface area contributed by atoms with Crippen molar-refractivity contribution in [3.05, 3.63) is 36.4 Å². The van der Waals surface area contributed by atoms with Crippen LogP contribution in [-0.2, 0) is 4.74 Å². The number of fused-ring (bicyclic) bond motifs is 1. The summed E-state index contributed by atoms with van der Waals surface area (Å²) in [5.74, 6) is 2.96. The van der Waals surface area contributed by atoms with Gasteiger partial charge in [-0.2, -0.15) is 4.98 Å². The average molecular weight is 465 g/mol. The summed E-state index contributed by atoms with van der Waals surface area (Å²) in [5, 5.41) is 3.56. The molecule has 1 aliphatic carbocycles. The van der Waals surface area contributed by atoms with Gasteiger partial charge in [-0.25, -0.2) is 9.97 Å². The van der Waals surface area contributed by atoms with E-state index in [1.54, 1.807) is 12.4 Å². The van der Waals surface area contributed by atoms with Crippen molar-refractivity contribution in [1.82, 2.24) is 19.9 Å². The Labute approximate surface area is 199 Å². The number of benzene rings is 1. The van der Waals surface area contributed by atoms with Gasteiger partial charge in [-0.3, -0.25) is 4.98 Å². The maximum atomic E-state index is 6.53. The molecule has 180 valence electrons. The lowest BCUT2D eigenvalue weighted by Crippen LogP contribution is -2.36. The number of nitrogens with zero attached hydrogens (tertiary/aromatic N) is 5. The highest BCUT2D eigenvalue weighted by molar-refractivity contribution is 5.85. The van der Waals surface area contributed by atoms with Crippen LogP contribution in [0.25, 0.3) is 11.0 Å². The van der Waals surface area contributed by atoms with Crippen molar-refractivity contribution in [3.63, 3.8) is 0 Å². The van der Waals surface area contributed by atoms with E-state index in [1.807, 2.05) is 19.9 Å². The fourth-order valence-electron chi connectivity index (χ4n) is 4.67. The predicted molar refractivity (Wildman–Crippen MR) is 131 cm³/mol. The predicted octanol–water partition coefficient (Wildman–Crippen LogP) is 3.77. The topological polar surface area (TPSA) is 94.5 Å². The van der Waals surface area contributed by atoms with Crippen LogP contribution in [0.5, 0.6) is 11.6 Å². The summed E-state index contributed by atoms with van der Waals surface area (Å²) in [7, 11) is 0. The summed E-state index contributed by atoms with van der Waals surface area (Å²) >= 11 is 0. The summed E-state index contributed by atoms with van der Waals surface area (Å²) in [6.07, 6.45) is 7.54. The summed E-state index contributed by atoms with van der Waals surface area (Å²) in [5.41, 5.74) is 2.80. The van der Waals surface area contributed by atoms with Gasteiger partial charge >= 0.3 is 0 Å². The highest BCUT2D eigenvalue weighted by atomic mass is 16.5. The number of aryl methyl sites for hydroxylation is 1. The maximum absolute atomic E-state index is 6.53. The van der Waals surface area contributed by atoms with E-state index in [2.05, 4.69) is 42.3 Å². The second-order valence-corrected chi connectivity index (χ2v) is 8.77. The molecule has 0 radical (unpaired) electrons. The van der Waals surface area contributed by atoms with Crippen LogP contribution in [0.1, 0.15) is 38.4 Å². The van der Waals surface area contributed by atoms with Crippen LogP contribution in [0, 0.1) is 6.92 Å². The minimum absolute atomic E-state index is 0.148. The van der Waals surface area contributed by atoms with Gasteiger partial charge in [-0.15, -0.1) is 0 Å². The van der Waals surface area contributed by atoms with E-state index < -0.39 is 0 Å². The Bertz CT molecular complexity index is 1110. The van der Waals surface area contributed by atoms with Gasteiger partial charge in [0.05, 0.1) is 31.4 Å². The van der Waals surface area contributed by atoms with E-state index in [0.29, 0.717) is 24.4 Å². The van der Waals surface area contributed by atoms with E-state index in [1.165, 1.54) is 0 Å². The molecule has 2 fully saturated rings. The molecule has 9 nitrogen and oxygen atoms in total. The molecule has 5 rings (SSSR count). The van der Waals surface area contributed by atoms with Crippen molar-refractivity contribution in [2.24, 2.45) is 0 Å². The fourth-order valence-corrected chi connectivity index (χ4v) is 4.67. The molecule has 0 amide bonds. The molecule has 1 saturated heterocycles. The molecule has 1 aliphatic heterocycles. The van der Waals surface area contributed by atoms with Crippen molar-refractivity contribution in [2.45, 2.75) is 51.7 Å². The Kier molecular flexibility index (Phi) is 6.89. The van der Waals surface area contributed by atoms with Crippen LogP contribution in [-0.4, -0.2) is 65.0 Å². The number of hydrogen-bond acceptors (Lipinski definition) is 9. The first-order valence-corrected chi connectivity index (χ1v) is 12.2. The minimum atomic E-state index is 0.148. The van der Waals surface area contributed by atoms with Crippen LogP contribution in [0.3, 0.4) is 0 Å². The third-order valence-electron chi connectivity index (χ3n) is 6.33. The molecule has 1 N–H and O–H groups in total. The van der Waals surface area contributed by atoms with Gasteiger partial charge in [0.15, 0.2) is 0 Å². The van der Waals surface area contributed by atoms with Crippen molar-refractivity contribution >= 4 is 22.5 Å². The van der Waals surface area contributed by atoms with Gasteiger partial charge in [0.2, 0.25) is 5.88 Å². The normalized spacial score (nSPS) is 20.8. The molecule has 3 heterocycles. The summed E-state index contributed by atoms with van der Waals surface area (Å²) in [4.78, 5) is 20.3. The number of hydrogen-bond donors (Lipinski definition) is 1. The van der Waals surface area contributed by atoms with Crippen LogP contribution in [0.2, 0.25) is 0 Å². The van der Waals surface area contributed by atoms with Crippen LogP contribution in [0.15, 0.2) is 30.6 Å². The Hall–Kier alpha value is -3.20. The Morgan fingerprint density at radius 2 is 1.82 bits per heavy atom. The molecule has 1 aromatic carbocycles. The average Bonchev–Trinajstić information content (AvgIpc) is 2.85. The molecular weight excluding hydrogens is 432 g/mol. The van der Waals surface area contributed by atoms with Crippen molar-refractivity contribution < 1.29 is 14.2 Å². The Morgan fingerprint density at radius 1 is 1.03 bits per heavy atom. The standard InChI is InChI=1S/C25H32N6O3/c1-3-33-24-16-23(28-17(2)29-24)30-18-4-6-20(7-5-18)34-22-15-19(31-10-12-32-13-11-31)14-21-25(22)27-9-8-26-21/h8-9,14-16,18,20H,3-7,10-13H2,1-2H3,(H,28,29,30). The molecule has 0 bridgehead atoms. The highest BCUT2D eigenvalue weighted by Crippen LogP contribution is 2.33. The molecular formula is C25H32N6O3. The van der Waals surface area contributed by atoms with Gasteiger partial charge in [-0.1, -0.05) is 0 Å². The third kappa shape index (κ3) is 5.30. The number of aromatic nitrogens is 4. The lowest BCUT2D eigenvalue weighted by Gasteiger charge is -2.31. The van der Waals surface area contributed by atoms with E-state index in [4.69, 9.17) is 14.2 Å². The molecule has 2 aliphatic rings. The van der Waals surface area contributed by atoms with Gasteiger partial charge in [0.1, 0.15) is 22.9 Å². The second-order valence-electron chi connectivity index (χ2n) is 8.77. The largest absolute Gasteiger partial charge is 0.488 e. The van der Waals surface area contributed by atoms with Crippen molar-refractivity contribution in [2.75, 3.05) is 43.1 Å². The molecule has 9 heteroatoms. The van der Waals surface area contributed by atoms with Crippen molar-refractivity contribution in [1.29, 1.82) is 0 Å². The number of anilines is 2. The van der Waals surface area contributed by atoms with Crippen LogP contribution in [0.4, 0.5) is 11.5 Å². The molecule has 0 unspecified atom stereocenters. The zero-order valence-corrected chi connectivity index (χ0v) is 19.9. The smallest absolute Gasteiger partial charge is 0.218 e. The number of morpholine rings is 1. The maximum Gasteiger partial charge on any atom is 0.218 e. The monoisotopic (exact) mass is 464 g/mol. The Balaban J connectivity index is 1.25. The second kappa shape index (κ2) is 10.4. The molecule has 0 spiro atoms. The van der Waals surface area contributed by atoms with Crippen LogP contribution < -0.4 is 19.7 Å². The van der Waals surface area contributed by atoms with E-state index in [9.17, 15) is 0 Å². The molecule has 34 heavy (non-hydrogen) atoms. The van der Waals surface area contributed by atoms with Crippen LogP contribution >= 0.6 is 0 Å². The first-order chi connectivity index (χ1) is 16.7. The molecule has 2 aromatic heterocycles. The summed E-state index contributed by atoms with van der Waals surface area (Å²) < 4.78 is 17.6.